The fourth-order valence-corrected chi connectivity index (χ4v) is 12.8. The van der Waals surface area contributed by atoms with Crippen LogP contribution in [-0.2, 0) is 55.9 Å². The summed E-state index contributed by atoms with van der Waals surface area (Å²) in [6.07, 6.45) is -0.911. The molecule has 1 fully saturated rings. The molecule has 2 aromatic carbocycles. The Bertz CT molecular complexity index is 2570. The SMILES string of the molecule is CC[C@H]1NC(=O)[C@@]2(C)CSC(=N2)[C@H](Cc2ccccc2)N(C)C(=O)[C@@H]2CCCN2C(=O)[C@H](C(C)C)N(C)C(=O)[C@H](Cc2ccccc2)OC(=O)[C@@H](C)[C@H](C)NC(=O)[C@@H]([C@@H](C)O)NC(=O)[C@@H](CC(C)C)N(C)C(=O)[C@@H]2CSC1=N2. The number of benzene rings is 2. The van der Waals surface area contributed by atoms with Crippen LogP contribution >= 0.6 is 23.5 Å². The lowest BCUT2D eigenvalue weighted by Crippen LogP contribution is -2.59. The van der Waals surface area contributed by atoms with E-state index >= 15 is 9.59 Å². The van der Waals surface area contributed by atoms with E-state index in [9.17, 15) is 33.9 Å². The summed E-state index contributed by atoms with van der Waals surface area (Å²) in [5.41, 5.74) is 0.370. The van der Waals surface area contributed by atoms with E-state index in [1.54, 1.807) is 55.0 Å². The molecular formula is C57H81N9O10S2. The van der Waals surface area contributed by atoms with Crippen molar-refractivity contribution in [2.45, 2.75) is 167 Å². The molecule has 0 saturated carbocycles. The van der Waals surface area contributed by atoms with Gasteiger partial charge in [-0.1, -0.05) is 95.3 Å². The smallest absolute Gasteiger partial charge is 0.311 e. The Hall–Kier alpha value is -5.80. The molecule has 0 aromatic heterocycles. The third-order valence-corrected chi connectivity index (χ3v) is 17.9. The number of aliphatic hydroxyl groups is 1. The molecule has 19 nitrogen and oxygen atoms in total. The van der Waals surface area contributed by atoms with Crippen LogP contribution in [0.2, 0.25) is 0 Å². The molecule has 0 spiro atoms. The number of aliphatic imine (C=N–C) groups is 2. The molecule has 0 unspecified atom stereocenters. The minimum Gasteiger partial charge on any atom is -0.452 e. The number of nitrogens with one attached hydrogen (secondary N) is 3. The van der Waals surface area contributed by atoms with Gasteiger partial charge in [0, 0.05) is 51.7 Å². The number of cyclic esters (lactones) is 1. The Balaban J connectivity index is 1.40. The molecule has 4 bridgehead atoms. The van der Waals surface area contributed by atoms with Gasteiger partial charge in [-0.15, -0.1) is 23.5 Å². The van der Waals surface area contributed by atoms with Crippen molar-refractivity contribution in [3.05, 3.63) is 71.8 Å². The second-order valence-corrected chi connectivity index (χ2v) is 24.3. The van der Waals surface area contributed by atoms with Gasteiger partial charge in [-0.2, -0.15) is 0 Å². The van der Waals surface area contributed by atoms with Crippen LogP contribution in [0.25, 0.3) is 0 Å². The number of esters is 1. The Morgan fingerprint density at radius 3 is 1.95 bits per heavy atom. The lowest BCUT2D eigenvalue weighted by atomic mass is 9.98. The summed E-state index contributed by atoms with van der Waals surface area (Å²) in [6.45, 7) is 15.8. The van der Waals surface area contributed by atoms with Gasteiger partial charge < -0.3 is 45.4 Å². The van der Waals surface area contributed by atoms with Crippen molar-refractivity contribution in [1.29, 1.82) is 0 Å². The fraction of sp³-hybridized carbons (Fsp3) is 0.614. The van der Waals surface area contributed by atoms with Gasteiger partial charge in [-0.3, -0.25) is 48.3 Å². The average molecular weight is 1120 g/mol. The van der Waals surface area contributed by atoms with Crippen molar-refractivity contribution >= 4 is 80.9 Å². The van der Waals surface area contributed by atoms with Gasteiger partial charge in [0.25, 0.3) is 5.91 Å². The number of carbonyl (C=O) groups is 8. The molecule has 12 atom stereocenters. The van der Waals surface area contributed by atoms with Crippen LogP contribution in [0.1, 0.15) is 99.1 Å². The highest BCUT2D eigenvalue weighted by atomic mass is 32.2. The number of nitrogens with zero attached hydrogens (tertiary/aromatic N) is 6. The summed E-state index contributed by atoms with van der Waals surface area (Å²) in [7, 11) is 4.70. The highest BCUT2D eigenvalue weighted by molar-refractivity contribution is 8.14. The summed E-state index contributed by atoms with van der Waals surface area (Å²) in [4.78, 5) is 132. The van der Waals surface area contributed by atoms with Gasteiger partial charge in [0.05, 0.1) is 34.2 Å². The van der Waals surface area contributed by atoms with E-state index in [1.807, 2.05) is 71.0 Å². The summed E-state index contributed by atoms with van der Waals surface area (Å²) >= 11 is 2.75. The van der Waals surface area contributed by atoms with Crippen LogP contribution in [0.3, 0.4) is 0 Å². The van der Waals surface area contributed by atoms with E-state index in [0.717, 1.165) is 5.56 Å². The minimum atomic E-state index is -1.50. The number of ether oxygens (including phenoxy) is 1. The molecule has 2 aromatic rings. The molecule has 426 valence electrons. The summed E-state index contributed by atoms with van der Waals surface area (Å²) in [6, 6.07) is 11.1. The van der Waals surface area contributed by atoms with Crippen LogP contribution in [0.4, 0.5) is 0 Å². The van der Waals surface area contributed by atoms with Crippen molar-refractivity contribution in [2.24, 2.45) is 27.7 Å². The van der Waals surface area contributed by atoms with Gasteiger partial charge in [-0.25, -0.2) is 0 Å². The van der Waals surface area contributed by atoms with Gasteiger partial charge >= 0.3 is 5.97 Å². The molecule has 6 rings (SSSR count). The van der Waals surface area contributed by atoms with E-state index in [2.05, 4.69) is 16.0 Å². The Labute approximate surface area is 468 Å². The predicted molar refractivity (Wildman–Crippen MR) is 303 cm³/mol. The second kappa shape index (κ2) is 26.9. The number of carbonyl (C=O) groups excluding carboxylic acids is 8. The van der Waals surface area contributed by atoms with Crippen molar-refractivity contribution < 1.29 is 48.2 Å². The van der Waals surface area contributed by atoms with Crippen molar-refractivity contribution in [3.63, 3.8) is 0 Å². The number of thioether (sulfide) groups is 2. The third-order valence-electron chi connectivity index (χ3n) is 15.3. The summed E-state index contributed by atoms with van der Waals surface area (Å²) < 4.78 is 6.06. The molecule has 1 saturated heterocycles. The number of rotatable bonds is 9. The summed E-state index contributed by atoms with van der Waals surface area (Å²) in [5.74, 6) is -5.53. The third kappa shape index (κ3) is 14.5. The van der Waals surface area contributed by atoms with Gasteiger partial charge in [0.15, 0.2) is 6.10 Å². The Morgan fingerprint density at radius 1 is 0.744 bits per heavy atom. The van der Waals surface area contributed by atoms with Crippen molar-refractivity contribution in [1.82, 2.24) is 35.6 Å². The lowest BCUT2D eigenvalue weighted by molar-refractivity contribution is -0.166. The van der Waals surface area contributed by atoms with Gasteiger partial charge in [0.1, 0.15) is 35.7 Å². The quantitative estimate of drug-likeness (QED) is 0.262. The van der Waals surface area contributed by atoms with Gasteiger partial charge in [-0.05, 0) is 82.8 Å². The molecule has 21 heteroatoms. The maximum Gasteiger partial charge on any atom is 0.311 e. The number of aliphatic hydroxyl groups excluding tert-OH is 1. The first kappa shape index (κ1) is 61.4. The molecule has 4 aliphatic heterocycles. The molecule has 0 aliphatic carbocycles. The molecule has 0 radical (unpaired) electrons. The standard InChI is InChI=1S/C57H81N9O10S2/c1-13-39-49-59-40(30-77-49)51(70)63(10)42(27-32(2)3)47(68)61-45(36(8)67)48(69)58-35(7)34(6)55(74)76-44(29-38-23-18-15-19-24-38)53(72)65(12)46(33(4)5)54(73)66-26-20-25-41(66)52(71)64(11)43(28-37-21-16-14-17-22-37)50-62-57(9,31-78-50)56(75)60-39/h14-19,21-24,32-36,39-46,67H,13,20,25-31H2,1-12H3,(H,58,69)(H,60,75)(H,61,68)/t34-,35-,36+,39+,40-,41-,42+,43-,44-,45+,46-,57+/m0/s1. The summed E-state index contributed by atoms with van der Waals surface area (Å²) in [5, 5.41) is 20.6. The van der Waals surface area contributed by atoms with Crippen molar-refractivity contribution in [3.8, 4) is 0 Å². The topological polar surface area (TPSA) is 240 Å². The molecule has 7 amide bonds. The van der Waals surface area contributed by atoms with E-state index in [0.29, 0.717) is 41.3 Å². The number of hydrogen-bond acceptors (Lipinski definition) is 14. The van der Waals surface area contributed by atoms with Gasteiger partial charge in [0.2, 0.25) is 35.4 Å². The first-order valence-corrected chi connectivity index (χ1v) is 29.3. The predicted octanol–water partition coefficient (Wildman–Crippen LogP) is 3.89. The highest BCUT2D eigenvalue weighted by Gasteiger charge is 2.47. The number of hydrogen-bond donors (Lipinski definition) is 4. The second-order valence-electron chi connectivity index (χ2n) is 22.2. The monoisotopic (exact) mass is 1120 g/mol. The van der Waals surface area contributed by atoms with Crippen LogP contribution in [0, 0.1) is 17.8 Å². The highest BCUT2D eigenvalue weighted by Crippen LogP contribution is 2.34. The lowest BCUT2D eigenvalue weighted by Gasteiger charge is -2.38. The van der Waals surface area contributed by atoms with E-state index in [1.165, 1.54) is 61.3 Å². The number of fused-ring (bicyclic) bond motifs is 3. The minimum absolute atomic E-state index is 0.0415. The largest absolute Gasteiger partial charge is 0.452 e. The first-order chi connectivity index (χ1) is 36.9. The van der Waals surface area contributed by atoms with E-state index < -0.39 is 113 Å². The first-order valence-electron chi connectivity index (χ1n) is 27.3. The van der Waals surface area contributed by atoms with Crippen LogP contribution in [-0.4, -0.2) is 187 Å². The van der Waals surface area contributed by atoms with Crippen LogP contribution < -0.4 is 16.0 Å². The maximum absolute atomic E-state index is 15.0. The van der Waals surface area contributed by atoms with E-state index in [4.69, 9.17) is 14.7 Å². The molecule has 4 N–H and O–H groups in total. The van der Waals surface area contributed by atoms with Crippen LogP contribution in [0.15, 0.2) is 70.6 Å². The molecule has 4 heterocycles. The zero-order valence-corrected chi connectivity index (χ0v) is 48.9. The number of likely N-dealkylation sites (N-methyl/N-ethyl adjacent to an activating group) is 3. The molecule has 4 aliphatic rings. The zero-order chi connectivity index (χ0) is 57.3. The fourth-order valence-electron chi connectivity index (χ4n) is 10.3. The van der Waals surface area contributed by atoms with Crippen LogP contribution in [0.5, 0.6) is 0 Å². The maximum atomic E-state index is 15.0. The number of amides is 7. The van der Waals surface area contributed by atoms with E-state index in [-0.39, 0.29) is 48.6 Å². The Kier molecular flexibility index (Phi) is 21.2. The normalized spacial score (nSPS) is 30.3. The molecule has 78 heavy (non-hydrogen) atoms. The van der Waals surface area contributed by atoms with Crippen molar-refractivity contribution in [2.75, 3.05) is 39.2 Å². The Morgan fingerprint density at radius 2 is 1.36 bits per heavy atom. The zero-order valence-electron chi connectivity index (χ0n) is 47.3. The molecular weight excluding hydrogens is 1030 g/mol. The average Bonchev–Trinajstić information content (AvgIpc) is 4.24.